The summed E-state index contributed by atoms with van der Waals surface area (Å²) in [6.07, 6.45) is 0. The Bertz CT molecular complexity index is 388. The second-order valence-electron chi connectivity index (χ2n) is 3.21. The highest BCUT2D eigenvalue weighted by Crippen LogP contribution is 2.35. The Morgan fingerprint density at radius 3 is 2.57 bits per heavy atom. The predicted octanol–water partition coefficient (Wildman–Crippen LogP) is 2.62. The molecule has 1 amide bonds. The Labute approximate surface area is 87.7 Å². The average Bonchev–Trinajstić information content (AvgIpc) is 2.10. The zero-order valence-corrected chi connectivity index (χ0v) is 9.07. The number of phenols is 1. The first-order chi connectivity index (χ1) is 6.43. The molecule has 0 radical (unpaired) electrons. The van der Waals surface area contributed by atoms with E-state index in [-0.39, 0.29) is 16.7 Å². The molecule has 1 aromatic carbocycles. The topological polar surface area (TPSA) is 49.3 Å². The number of phenolic OH excluding ortho intramolecular Hbond substituents is 1. The zero-order chi connectivity index (χ0) is 10.9. The zero-order valence-electron chi connectivity index (χ0n) is 8.31. The maximum absolute atomic E-state index is 10.9. The molecule has 0 unspecified atom stereocenters. The van der Waals surface area contributed by atoms with Crippen LogP contribution in [0.5, 0.6) is 5.75 Å². The summed E-state index contributed by atoms with van der Waals surface area (Å²) in [5, 5.41) is 12.4. The van der Waals surface area contributed by atoms with Crippen LogP contribution in [0.1, 0.15) is 18.1 Å². The molecule has 3 nitrogen and oxygen atoms in total. The van der Waals surface area contributed by atoms with E-state index >= 15 is 0 Å². The number of aryl methyl sites for hydroxylation is 1. The molecule has 0 aliphatic carbocycles. The maximum Gasteiger partial charge on any atom is 0.221 e. The Morgan fingerprint density at radius 1 is 1.50 bits per heavy atom. The summed E-state index contributed by atoms with van der Waals surface area (Å²) in [7, 11) is 0. The normalized spacial score (nSPS) is 10.0. The molecule has 0 spiro atoms. The summed E-state index contributed by atoms with van der Waals surface area (Å²) in [6.45, 7) is 4.90. The van der Waals surface area contributed by atoms with Crippen LogP contribution in [0, 0.1) is 13.8 Å². The van der Waals surface area contributed by atoms with Gasteiger partial charge in [-0.15, -0.1) is 0 Å². The lowest BCUT2D eigenvalue weighted by Crippen LogP contribution is -2.07. The first-order valence-corrected chi connectivity index (χ1v) is 4.57. The highest BCUT2D eigenvalue weighted by Gasteiger charge is 2.11. The fourth-order valence-corrected chi connectivity index (χ4v) is 1.43. The molecule has 0 saturated heterocycles. The minimum Gasteiger partial charge on any atom is -0.506 e. The molecule has 4 heteroatoms. The van der Waals surface area contributed by atoms with E-state index in [1.165, 1.54) is 6.92 Å². The third kappa shape index (κ3) is 1.99. The molecule has 1 rings (SSSR count). The molecule has 76 valence electrons. The third-order valence-corrected chi connectivity index (χ3v) is 2.45. The van der Waals surface area contributed by atoms with Crippen molar-refractivity contribution in [2.75, 3.05) is 5.32 Å². The van der Waals surface area contributed by atoms with Crippen LogP contribution in [0.25, 0.3) is 0 Å². The van der Waals surface area contributed by atoms with Crippen molar-refractivity contribution >= 4 is 23.2 Å². The number of carbonyl (C=O) groups is 1. The second kappa shape index (κ2) is 3.88. The van der Waals surface area contributed by atoms with Gasteiger partial charge in [0, 0.05) is 12.6 Å². The summed E-state index contributed by atoms with van der Waals surface area (Å²) in [5.74, 6) is -0.0903. The summed E-state index contributed by atoms with van der Waals surface area (Å²) in [4.78, 5) is 10.9. The van der Waals surface area contributed by atoms with Crippen LogP contribution < -0.4 is 5.32 Å². The van der Waals surface area contributed by atoms with Gasteiger partial charge in [-0.3, -0.25) is 4.79 Å². The van der Waals surface area contributed by atoms with Crippen LogP contribution in [-0.4, -0.2) is 11.0 Å². The quantitative estimate of drug-likeness (QED) is 0.705. The van der Waals surface area contributed by atoms with E-state index in [1.807, 2.05) is 0 Å². The third-order valence-electron chi connectivity index (χ3n) is 1.99. The Balaban J connectivity index is 3.25. The van der Waals surface area contributed by atoms with Crippen molar-refractivity contribution in [3.63, 3.8) is 0 Å². The van der Waals surface area contributed by atoms with Crippen LogP contribution in [0.4, 0.5) is 5.69 Å². The molecule has 14 heavy (non-hydrogen) atoms. The van der Waals surface area contributed by atoms with Gasteiger partial charge in [0.1, 0.15) is 5.75 Å². The van der Waals surface area contributed by atoms with Gasteiger partial charge in [0.15, 0.2) is 0 Å². The van der Waals surface area contributed by atoms with Crippen molar-refractivity contribution in [3.05, 3.63) is 22.2 Å². The highest BCUT2D eigenvalue weighted by atomic mass is 35.5. The van der Waals surface area contributed by atoms with E-state index < -0.39 is 0 Å². The molecule has 0 saturated carbocycles. The molecule has 0 heterocycles. The second-order valence-corrected chi connectivity index (χ2v) is 3.59. The van der Waals surface area contributed by atoms with Crippen LogP contribution >= 0.6 is 11.6 Å². The summed E-state index contributed by atoms with van der Waals surface area (Å²) in [6, 6.07) is 1.69. The van der Waals surface area contributed by atoms with E-state index in [1.54, 1.807) is 19.9 Å². The monoisotopic (exact) mass is 213 g/mol. The van der Waals surface area contributed by atoms with Gasteiger partial charge in [-0.05, 0) is 31.0 Å². The number of nitrogens with one attached hydrogen (secondary N) is 1. The minimum absolute atomic E-state index is 0.0678. The standard InChI is InChI=1S/C10H12ClNO2/c1-5-4-8(12-7(3)13)6(2)9(11)10(5)14/h4,14H,1-3H3,(H,12,13). The minimum atomic E-state index is -0.158. The number of carbonyl (C=O) groups excluding carboxylic acids is 1. The summed E-state index contributed by atoms with van der Waals surface area (Å²) in [5.41, 5.74) is 1.95. The van der Waals surface area contributed by atoms with Crippen molar-refractivity contribution in [2.45, 2.75) is 20.8 Å². The van der Waals surface area contributed by atoms with Gasteiger partial charge in [0.2, 0.25) is 5.91 Å². The first-order valence-electron chi connectivity index (χ1n) is 4.19. The fourth-order valence-electron chi connectivity index (χ4n) is 1.18. The van der Waals surface area contributed by atoms with Gasteiger partial charge in [-0.1, -0.05) is 11.6 Å². The number of aromatic hydroxyl groups is 1. The van der Waals surface area contributed by atoms with E-state index in [0.717, 1.165) is 0 Å². The Hall–Kier alpha value is -1.22. The van der Waals surface area contributed by atoms with Crippen LogP contribution in [0.3, 0.4) is 0 Å². The van der Waals surface area contributed by atoms with Crippen molar-refractivity contribution in [1.82, 2.24) is 0 Å². The van der Waals surface area contributed by atoms with E-state index in [2.05, 4.69) is 5.32 Å². The summed E-state index contributed by atoms with van der Waals surface area (Å²) < 4.78 is 0. The summed E-state index contributed by atoms with van der Waals surface area (Å²) >= 11 is 5.87. The molecule has 0 fully saturated rings. The molecular formula is C10H12ClNO2. The Morgan fingerprint density at radius 2 is 2.07 bits per heavy atom. The van der Waals surface area contributed by atoms with Crippen LogP contribution in [0.2, 0.25) is 5.02 Å². The molecule has 0 aliphatic heterocycles. The van der Waals surface area contributed by atoms with Gasteiger partial charge in [-0.2, -0.15) is 0 Å². The predicted molar refractivity (Wildman–Crippen MR) is 56.9 cm³/mol. The van der Waals surface area contributed by atoms with Gasteiger partial charge < -0.3 is 10.4 Å². The lowest BCUT2D eigenvalue weighted by Gasteiger charge is -2.11. The maximum atomic E-state index is 10.9. The van der Waals surface area contributed by atoms with Gasteiger partial charge in [0.25, 0.3) is 0 Å². The van der Waals surface area contributed by atoms with E-state index in [9.17, 15) is 9.90 Å². The smallest absolute Gasteiger partial charge is 0.221 e. The SMILES string of the molecule is CC(=O)Nc1cc(C)c(O)c(Cl)c1C. The molecule has 2 N–H and O–H groups in total. The highest BCUT2D eigenvalue weighted by molar-refractivity contribution is 6.33. The first kappa shape index (κ1) is 10.9. The van der Waals surface area contributed by atoms with E-state index in [0.29, 0.717) is 16.8 Å². The van der Waals surface area contributed by atoms with E-state index in [4.69, 9.17) is 11.6 Å². The molecule has 1 aromatic rings. The van der Waals surface area contributed by atoms with Crippen molar-refractivity contribution in [3.8, 4) is 5.75 Å². The van der Waals surface area contributed by atoms with Gasteiger partial charge in [-0.25, -0.2) is 0 Å². The average molecular weight is 214 g/mol. The molecule has 0 aromatic heterocycles. The number of benzene rings is 1. The van der Waals surface area contributed by atoms with Crippen molar-refractivity contribution in [2.24, 2.45) is 0 Å². The number of hydrogen-bond donors (Lipinski definition) is 2. The number of halogens is 1. The Kier molecular flexibility index (Phi) is 3.01. The fraction of sp³-hybridized carbons (Fsp3) is 0.300. The van der Waals surface area contributed by atoms with Crippen molar-refractivity contribution in [1.29, 1.82) is 0 Å². The lowest BCUT2D eigenvalue weighted by atomic mass is 10.1. The molecular weight excluding hydrogens is 202 g/mol. The molecule has 0 atom stereocenters. The number of rotatable bonds is 1. The number of anilines is 1. The lowest BCUT2D eigenvalue weighted by molar-refractivity contribution is -0.114. The number of amides is 1. The number of hydrogen-bond acceptors (Lipinski definition) is 2. The largest absolute Gasteiger partial charge is 0.506 e. The molecule has 0 bridgehead atoms. The van der Waals surface area contributed by atoms with Gasteiger partial charge >= 0.3 is 0 Å². The van der Waals surface area contributed by atoms with Crippen LogP contribution in [-0.2, 0) is 4.79 Å². The van der Waals surface area contributed by atoms with Gasteiger partial charge in [0.05, 0.1) is 5.02 Å². The van der Waals surface area contributed by atoms with Crippen molar-refractivity contribution < 1.29 is 9.90 Å². The van der Waals surface area contributed by atoms with Crippen LogP contribution in [0.15, 0.2) is 6.07 Å². The molecule has 0 aliphatic rings.